The third-order valence-electron chi connectivity index (χ3n) is 10.3. The van der Waals surface area contributed by atoms with Crippen molar-refractivity contribution >= 4 is 85.6 Å². The number of fused-ring (bicyclic) bond motifs is 12. The van der Waals surface area contributed by atoms with Crippen molar-refractivity contribution in [2.24, 2.45) is 0 Å². The summed E-state index contributed by atoms with van der Waals surface area (Å²) in [6, 6.07) is 61.5. The molecule has 0 spiro atoms. The van der Waals surface area contributed by atoms with E-state index in [0.29, 0.717) is 0 Å². The van der Waals surface area contributed by atoms with Gasteiger partial charge in [0.15, 0.2) is 0 Å². The minimum absolute atomic E-state index is 1.02. The number of nitrogens with zero attached hydrogens (tertiary/aromatic N) is 2. The molecule has 0 N–H and O–H groups in total. The Kier molecular flexibility index (Phi) is 5.78. The van der Waals surface area contributed by atoms with Crippen molar-refractivity contribution in [1.82, 2.24) is 9.55 Å². The molecule has 0 unspecified atom stereocenters. The number of rotatable bonds is 3. The maximum absolute atomic E-state index is 4.98. The number of aromatic nitrogens is 2. The van der Waals surface area contributed by atoms with E-state index in [-0.39, 0.29) is 0 Å². The van der Waals surface area contributed by atoms with E-state index in [9.17, 15) is 0 Å². The summed E-state index contributed by atoms with van der Waals surface area (Å²) in [5.74, 6) is 0. The zero-order chi connectivity index (χ0) is 32.8. The largest absolute Gasteiger partial charge is 0.309 e. The number of benzene rings is 7. The first-order chi connectivity index (χ1) is 24.8. The van der Waals surface area contributed by atoms with Crippen molar-refractivity contribution < 1.29 is 0 Å². The number of thiophene rings is 1. The van der Waals surface area contributed by atoms with Gasteiger partial charge in [0.2, 0.25) is 0 Å². The minimum atomic E-state index is 1.02. The molecule has 11 rings (SSSR count). The molecule has 3 aromatic heterocycles. The van der Waals surface area contributed by atoms with E-state index in [1.54, 1.807) is 0 Å². The first kappa shape index (κ1) is 27.5. The van der Waals surface area contributed by atoms with Crippen molar-refractivity contribution in [1.29, 1.82) is 0 Å². The van der Waals surface area contributed by atoms with E-state index in [1.165, 1.54) is 74.5 Å². The number of hydrogen-bond donors (Lipinski definition) is 0. The first-order valence-corrected chi connectivity index (χ1v) is 17.7. The van der Waals surface area contributed by atoms with Crippen molar-refractivity contribution in [2.45, 2.75) is 0 Å². The minimum Gasteiger partial charge on any atom is -0.309 e. The third-order valence-corrected chi connectivity index (χ3v) is 11.5. The Hall–Kier alpha value is -6.47. The van der Waals surface area contributed by atoms with Gasteiger partial charge in [0.25, 0.3) is 0 Å². The Morgan fingerprint density at radius 1 is 0.480 bits per heavy atom. The van der Waals surface area contributed by atoms with Gasteiger partial charge in [0.1, 0.15) is 0 Å². The van der Waals surface area contributed by atoms with Crippen LogP contribution in [0, 0.1) is 12.1 Å². The summed E-state index contributed by atoms with van der Waals surface area (Å²) in [5.41, 5.74) is 7.98. The summed E-state index contributed by atoms with van der Waals surface area (Å²) in [6.45, 7) is 0. The van der Waals surface area contributed by atoms with Gasteiger partial charge < -0.3 is 4.57 Å². The van der Waals surface area contributed by atoms with E-state index < -0.39 is 0 Å². The smallest absolute Gasteiger partial charge is 0.0880 e. The molecule has 230 valence electrons. The van der Waals surface area contributed by atoms with Crippen LogP contribution in [0.25, 0.3) is 102 Å². The maximum Gasteiger partial charge on any atom is 0.0880 e. The maximum atomic E-state index is 4.98. The number of hydrogen-bond acceptors (Lipinski definition) is 2. The van der Waals surface area contributed by atoms with E-state index in [2.05, 4.69) is 162 Å². The lowest BCUT2D eigenvalue weighted by molar-refractivity contribution is 1.19. The molecule has 0 aliphatic rings. The van der Waals surface area contributed by atoms with Crippen LogP contribution in [0.4, 0.5) is 0 Å². The Morgan fingerprint density at radius 3 is 2.00 bits per heavy atom. The predicted molar refractivity (Wildman–Crippen MR) is 213 cm³/mol. The zero-order valence-electron chi connectivity index (χ0n) is 26.8. The quantitative estimate of drug-likeness (QED) is 0.174. The molecule has 2 nitrogen and oxygen atoms in total. The summed E-state index contributed by atoms with van der Waals surface area (Å²) >= 11 is 1.82. The predicted octanol–water partition coefficient (Wildman–Crippen LogP) is 12.9. The second-order valence-corrected chi connectivity index (χ2v) is 14.0. The van der Waals surface area contributed by atoms with Crippen molar-refractivity contribution in [2.75, 3.05) is 0 Å². The van der Waals surface area contributed by atoms with Crippen molar-refractivity contribution in [3.63, 3.8) is 0 Å². The van der Waals surface area contributed by atoms with Crippen LogP contribution < -0.4 is 0 Å². The summed E-state index contributed by atoms with van der Waals surface area (Å²) < 4.78 is 4.81. The van der Waals surface area contributed by atoms with Crippen molar-refractivity contribution in [3.8, 4) is 28.1 Å². The van der Waals surface area contributed by atoms with Gasteiger partial charge in [-0.2, -0.15) is 0 Å². The summed E-state index contributed by atoms with van der Waals surface area (Å²) in [4.78, 5) is 4.98. The molecule has 8 aromatic carbocycles. The molecule has 0 saturated heterocycles. The highest BCUT2D eigenvalue weighted by Crippen LogP contribution is 2.42. The summed E-state index contributed by atoms with van der Waals surface area (Å²) in [5, 5.41) is 12.5. The molecule has 3 heterocycles. The fraction of sp³-hybridized carbons (Fsp3) is 0. The zero-order valence-corrected chi connectivity index (χ0v) is 27.6. The lowest BCUT2D eigenvalue weighted by Gasteiger charge is -2.12. The molecule has 0 radical (unpaired) electrons. The van der Waals surface area contributed by atoms with Crippen molar-refractivity contribution in [3.05, 3.63) is 170 Å². The Morgan fingerprint density at radius 2 is 1.18 bits per heavy atom. The van der Waals surface area contributed by atoms with Gasteiger partial charge in [0.05, 0.1) is 26.8 Å². The highest BCUT2D eigenvalue weighted by Gasteiger charge is 2.16. The van der Waals surface area contributed by atoms with Gasteiger partial charge in [0, 0.05) is 38.3 Å². The summed E-state index contributed by atoms with van der Waals surface area (Å²) in [7, 11) is 0. The van der Waals surface area contributed by atoms with E-state index in [1.807, 2.05) is 23.6 Å². The Bertz CT molecular complexity index is 3070. The van der Waals surface area contributed by atoms with Gasteiger partial charge in [-0.15, -0.1) is 11.3 Å². The second kappa shape index (κ2) is 10.5. The fourth-order valence-electron chi connectivity index (χ4n) is 8.03. The molecular formula is C47H26N2S. The van der Waals surface area contributed by atoms with E-state index in [4.69, 9.17) is 4.98 Å². The topological polar surface area (TPSA) is 17.8 Å². The van der Waals surface area contributed by atoms with Crippen LogP contribution in [0.1, 0.15) is 0 Å². The third kappa shape index (κ3) is 3.94. The highest BCUT2D eigenvalue weighted by molar-refractivity contribution is 7.26. The number of pyridine rings is 1. The van der Waals surface area contributed by atoms with Crippen LogP contribution in [0.5, 0.6) is 0 Å². The fourth-order valence-corrected chi connectivity index (χ4v) is 9.22. The normalized spacial score (nSPS) is 11.8. The highest BCUT2D eigenvalue weighted by atomic mass is 32.1. The standard InChI is InChI=1S/C47H26N2S/c1-2-14-35-33(12-1)34-13-3-4-15-36(34)41-27-30(20-22-37(35)41)29-10-9-11-31(26-29)46-47-40(24-25-48-46)42-28-32(21-23-45(42)50-47)49-43-18-7-5-16-38(43)39-17-6-8-19-44(39)49/h1-5,7-16,18-28H. The molecule has 50 heavy (non-hydrogen) atoms. The molecule has 3 heteroatoms. The molecule has 0 fully saturated rings. The Balaban J connectivity index is 1.06. The Labute approximate surface area is 292 Å². The molecular weight excluding hydrogens is 625 g/mol. The summed E-state index contributed by atoms with van der Waals surface area (Å²) in [6.07, 6.45) is 1.96. The molecule has 0 atom stereocenters. The lowest BCUT2D eigenvalue weighted by Crippen LogP contribution is -1.93. The van der Waals surface area contributed by atoms with Gasteiger partial charge in [-0.3, -0.25) is 4.98 Å². The molecule has 0 saturated carbocycles. The van der Waals surface area contributed by atoms with E-state index >= 15 is 0 Å². The lowest BCUT2D eigenvalue weighted by atomic mass is 9.91. The van der Waals surface area contributed by atoms with Gasteiger partial charge in [-0.25, -0.2) is 0 Å². The molecule has 0 aliphatic carbocycles. The van der Waals surface area contributed by atoms with E-state index in [0.717, 1.165) is 27.8 Å². The van der Waals surface area contributed by atoms with Crippen LogP contribution >= 0.6 is 11.3 Å². The molecule has 11 aromatic rings. The van der Waals surface area contributed by atoms with Gasteiger partial charge >= 0.3 is 0 Å². The monoisotopic (exact) mass is 650 g/mol. The van der Waals surface area contributed by atoms with Gasteiger partial charge in [-0.1, -0.05) is 109 Å². The SMILES string of the molecule is c1ccc2c(c#1)c1ccccc1n2-c1ccc2sc3c(-c4cccc(-c5ccc6c7ccccc7c7ccccc7c6c5)c4)nccc3c2c1. The van der Waals surface area contributed by atoms with Crippen LogP contribution in [0.2, 0.25) is 0 Å². The average Bonchev–Trinajstić information content (AvgIpc) is 3.73. The molecule has 0 bridgehead atoms. The van der Waals surface area contributed by atoms with Crippen LogP contribution in [-0.4, -0.2) is 9.55 Å². The van der Waals surface area contributed by atoms with Gasteiger partial charge in [-0.05, 0) is 98.0 Å². The average molecular weight is 651 g/mol. The first-order valence-electron chi connectivity index (χ1n) is 16.9. The van der Waals surface area contributed by atoms with Crippen LogP contribution in [-0.2, 0) is 0 Å². The molecule has 0 amide bonds. The van der Waals surface area contributed by atoms with Crippen LogP contribution in [0.3, 0.4) is 0 Å². The second-order valence-electron chi connectivity index (χ2n) is 13.0. The van der Waals surface area contributed by atoms with Crippen LogP contribution in [0.15, 0.2) is 158 Å². The number of para-hydroxylation sites is 1. The molecule has 0 aliphatic heterocycles.